The number of pyridine rings is 1. The van der Waals surface area contributed by atoms with E-state index < -0.39 is 0 Å². The lowest BCUT2D eigenvalue weighted by atomic mass is 9.75. The van der Waals surface area contributed by atoms with Crippen LogP contribution in [0.25, 0.3) is 0 Å². The Kier molecular flexibility index (Phi) is 4.42. The van der Waals surface area contributed by atoms with Crippen LogP contribution in [0.2, 0.25) is 0 Å². The van der Waals surface area contributed by atoms with Gasteiger partial charge in [-0.15, -0.1) is 0 Å². The summed E-state index contributed by atoms with van der Waals surface area (Å²) in [6.45, 7) is 5.73. The van der Waals surface area contributed by atoms with Crippen LogP contribution in [0.4, 0.5) is 0 Å². The van der Waals surface area contributed by atoms with Gasteiger partial charge in [-0.1, -0.05) is 6.42 Å². The highest BCUT2D eigenvalue weighted by atomic mass is 16.3. The van der Waals surface area contributed by atoms with E-state index in [0.29, 0.717) is 11.6 Å². The molecule has 0 unspecified atom stereocenters. The SMILES string of the molecule is Cc1ncc(CO)c([C@H](C2CCC2)N2CCNCC2)c1O. The molecular weight excluding hydrogens is 266 g/mol. The van der Waals surface area contributed by atoms with Crippen LogP contribution in [-0.2, 0) is 6.61 Å². The third kappa shape index (κ3) is 2.78. The summed E-state index contributed by atoms with van der Waals surface area (Å²) in [4.78, 5) is 6.67. The molecule has 3 rings (SSSR count). The Morgan fingerprint density at radius 2 is 2.10 bits per heavy atom. The number of aliphatic hydroxyl groups excluding tert-OH is 1. The van der Waals surface area contributed by atoms with E-state index in [1.54, 1.807) is 6.20 Å². The number of aromatic hydroxyl groups is 1. The Labute approximate surface area is 126 Å². The van der Waals surface area contributed by atoms with Crippen molar-refractivity contribution in [2.45, 2.75) is 38.8 Å². The van der Waals surface area contributed by atoms with E-state index in [2.05, 4.69) is 15.2 Å². The standard InChI is InChI=1S/C16H25N3O2/c1-11-16(21)14(13(10-20)9-18-11)15(12-3-2-4-12)19-7-5-17-6-8-19/h9,12,15,17,20-21H,2-8,10H2,1H3/t15-/m0/s1. The minimum Gasteiger partial charge on any atom is -0.506 e. The lowest BCUT2D eigenvalue weighted by Gasteiger charge is -2.44. The summed E-state index contributed by atoms with van der Waals surface area (Å²) in [6.07, 6.45) is 5.41. The number of nitrogens with one attached hydrogen (secondary N) is 1. The molecule has 1 aliphatic carbocycles. The number of nitrogens with zero attached hydrogens (tertiary/aromatic N) is 2. The Morgan fingerprint density at radius 3 is 2.67 bits per heavy atom. The van der Waals surface area contributed by atoms with Gasteiger partial charge >= 0.3 is 0 Å². The molecule has 0 amide bonds. The van der Waals surface area contributed by atoms with E-state index >= 15 is 0 Å². The summed E-state index contributed by atoms with van der Waals surface area (Å²) < 4.78 is 0. The van der Waals surface area contributed by atoms with Gasteiger partial charge in [0.15, 0.2) is 0 Å². The van der Waals surface area contributed by atoms with Crippen molar-refractivity contribution in [2.24, 2.45) is 5.92 Å². The van der Waals surface area contributed by atoms with E-state index in [4.69, 9.17) is 0 Å². The molecule has 5 heteroatoms. The van der Waals surface area contributed by atoms with Crippen LogP contribution in [0.3, 0.4) is 0 Å². The molecule has 1 aromatic heterocycles. The zero-order valence-corrected chi connectivity index (χ0v) is 12.7. The van der Waals surface area contributed by atoms with Crippen molar-refractivity contribution in [3.8, 4) is 5.75 Å². The smallest absolute Gasteiger partial charge is 0.141 e. The monoisotopic (exact) mass is 291 g/mol. The van der Waals surface area contributed by atoms with E-state index in [9.17, 15) is 10.2 Å². The summed E-state index contributed by atoms with van der Waals surface area (Å²) >= 11 is 0. The summed E-state index contributed by atoms with van der Waals surface area (Å²) in [6, 6.07) is 0.213. The highest BCUT2D eigenvalue weighted by Crippen LogP contribution is 2.45. The summed E-state index contributed by atoms with van der Waals surface area (Å²) in [5.74, 6) is 0.859. The molecule has 1 aromatic rings. The van der Waals surface area contributed by atoms with Gasteiger partial charge in [0.2, 0.25) is 0 Å². The first-order valence-electron chi connectivity index (χ1n) is 7.95. The molecule has 1 aliphatic heterocycles. The fourth-order valence-electron chi connectivity index (χ4n) is 3.54. The number of hydrogen-bond acceptors (Lipinski definition) is 5. The van der Waals surface area contributed by atoms with Gasteiger partial charge < -0.3 is 15.5 Å². The van der Waals surface area contributed by atoms with Crippen LogP contribution < -0.4 is 5.32 Å². The molecule has 2 heterocycles. The number of aliphatic hydroxyl groups is 1. The summed E-state index contributed by atoms with van der Waals surface area (Å²) in [7, 11) is 0. The molecule has 5 nitrogen and oxygen atoms in total. The molecule has 0 aromatic carbocycles. The molecule has 116 valence electrons. The molecule has 3 N–H and O–H groups in total. The fraction of sp³-hybridized carbons (Fsp3) is 0.688. The number of rotatable bonds is 4. The van der Waals surface area contributed by atoms with Crippen molar-refractivity contribution in [3.63, 3.8) is 0 Å². The maximum Gasteiger partial charge on any atom is 0.141 e. The van der Waals surface area contributed by atoms with Gasteiger partial charge in [-0.05, 0) is 25.7 Å². The molecule has 21 heavy (non-hydrogen) atoms. The zero-order chi connectivity index (χ0) is 14.8. The molecule has 0 spiro atoms. The predicted octanol–water partition coefficient (Wildman–Crippen LogP) is 1.33. The summed E-state index contributed by atoms with van der Waals surface area (Å²) in [5.41, 5.74) is 2.34. The van der Waals surface area contributed by atoms with Gasteiger partial charge in [-0.3, -0.25) is 9.88 Å². The van der Waals surface area contributed by atoms with Gasteiger partial charge in [0.1, 0.15) is 5.75 Å². The second-order valence-corrected chi connectivity index (χ2v) is 6.21. The van der Waals surface area contributed by atoms with Gasteiger partial charge in [-0.2, -0.15) is 0 Å². The van der Waals surface area contributed by atoms with Crippen LogP contribution in [0.5, 0.6) is 5.75 Å². The predicted molar refractivity (Wildman–Crippen MR) is 81.1 cm³/mol. The second-order valence-electron chi connectivity index (χ2n) is 6.21. The number of hydrogen-bond donors (Lipinski definition) is 3. The van der Waals surface area contributed by atoms with Crippen LogP contribution in [0.1, 0.15) is 42.1 Å². The van der Waals surface area contributed by atoms with Crippen molar-refractivity contribution >= 4 is 0 Å². The maximum absolute atomic E-state index is 10.6. The van der Waals surface area contributed by atoms with Crippen LogP contribution in [0, 0.1) is 12.8 Å². The van der Waals surface area contributed by atoms with Gasteiger partial charge in [0.25, 0.3) is 0 Å². The van der Waals surface area contributed by atoms with E-state index in [1.165, 1.54) is 19.3 Å². The topological polar surface area (TPSA) is 68.6 Å². The normalized spacial score (nSPS) is 22.0. The molecule has 1 saturated heterocycles. The Balaban J connectivity index is 2.00. The molecule has 0 radical (unpaired) electrons. The third-order valence-corrected chi connectivity index (χ3v) is 4.97. The molecule has 2 fully saturated rings. The first kappa shape index (κ1) is 14.8. The average molecular weight is 291 g/mol. The minimum atomic E-state index is -0.0640. The van der Waals surface area contributed by atoms with Crippen molar-refractivity contribution in [1.82, 2.24) is 15.2 Å². The van der Waals surface area contributed by atoms with E-state index in [0.717, 1.165) is 37.3 Å². The molecule has 0 bridgehead atoms. The van der Waals surface area contributed by atoms with Crippen molar-refractivity contribution in [2.75, 3.05) is 26.2 Å². The van der Waals surface area contributed by atoms with Crippen molar-refractivity contribution < 1.29 is 10.2 Å². The van der Waals surface area contributed by atoms with Crippen LogP contribution >= 0.6 is 0 Å². The Morgan fingerprint density at radius 1 is 1.38 bits per heavy atom. The minimum absolute atomic E-state index is 0.0640. The van der Waals surface area contributed by atoms with Crippen LogP contribution in [0.15, 0.2) is 6.20 Å². The van der Waals surface area contributed by atoms with Crippen LogP contribution in [-0.4, -0.2) is 46.3 Å². The van der Waals surface area contributed by atoms with E-state index in [-0.39, 0.29) is 18.4 Å². The largest absolute Gasteiger partial charge is 0.506 e. The number of aromatic nitrogens is 1. The maximum atomic E-state index is 10.6. The lowest BCUT2D eigenvalue weighted by Crippen LogP contribution is -2.48. The highest BCUT2D eigenvalue weighted by molar-refractivity contribution is 5.43. The zero-order valence-electron chi connectivity index (χ0n) is 12.7. The molecular formula is C16H25N3O2. The van der Waals surface area contributed by atoms with Crippen molar-refractivity contribution in [1.29, 1.82) is 0 Å². The van der Waals surface area contributed by atoms with Gasteiger partial charge in [0, 0.05) is 49.5 Å². The first-order valence-corrected chi connectivity index (χ1v) is 7.95. The Bertz CT molecular complexity index is 497. The highest BCUT2D eigenvalue weighted by Gasteiger charge is 2.36. The lowest BCUT2D eigenvalue weighted by molar-refractivity contribution is 0.0800. The van der Waals surface area contributed by atoms with Crippen molar-refractivity contribution in [3.05, 3.63) is 23.0 Å². The van der Waals surface area contributed by atoms with E-state index in [1.807, 2.05) is 6.92 Å². The number of aryl methyl sites for hydroxylation is 1. The Hall–Kier alpha value is -1.17. The molecule has 1 saturated carbocycles. The molecule has 2 aliphatic rings. The third-order valence-electron chi connectivity index (χ3n) is 4.97. The number of piperazine rings is 1. The fourth-order valence-corrected chi connectivity index (χ4v) is 3.54. The molecule has 1 atom stereocenters. The summed E-state index contributed by atoms with van der Waals surface area (Å²) in [5, 5.41) is 23.6. The van der Waals surface area contributed by atoms with Gasteiger partial charge in [-0.25, -0.2) is 0 Å². The average Bonchev–Trinajstić information content (AvgIpc) is 2.47. The first-order chi connectivity index (χ1) is 10.2. The quantitative estimate of drug-likeness (QED) is 0.781. The second kappa shape index (κ2) is 6.30. The van der Waals surface area contributed by atoms with Gasteiger partial charge in [0.05, 0.1) is 12.3 Å².